The van der Waals surface area contributed by atoms with Crippen LogP contribution in [0.15, 0.2) is 53.4 Å². The summed E-state index contributed by atoms with van der Waals surface area (Å²) in [6, 6.07) is 15.4. The average molecular weight is 446 g/mol. The summed E-state index contributed by atoms with van der Waals surface area (Å²) < 4.78 is 28.1. The van der Waals surface area contributed by atoms with E-state index in [-0.39, 0.29) is 10.9 Å². The van der Waals surface area contributed by atoms with Crippen molar-refractivity contribution in [1.29, 1.82) is 0 Å². The van der Waals surface area contributed by atoms with E-state index in [9.17, 15) is 8.42 Å². The zero-order valence-corrected chi connectivity index (χ0v) is 18.6. The third-order valence-electron chi connectivity index (χ3n) is 7.09. The third kappa shape index (κ3) is 3.98. The molecule has 160 valence electrons. The van der Waals surface area contributed by atoms with Crippen molar-refractivity contribution in [2.75, 3.05) is 37.6 Å². The molecule has 0 saturated carbocycles. The van der Waals surface area contributed by atoms with Crippen molar-refractivity contribution in [3.05, 3.63) is 59.1 Å². The summed E-state index contributed by atoms with van der Waals surface area (Å²) in [6.07, 6.45) is 3.44. The number of hydrogen-bond acceptors (Lipinski definition) is 4. The molecule has 2 aromatic rings. The van der Waals surface area contributed by atoms with Gasteiger partial charge in [-0.2, -0.15) is 0 Å². The summed E-state index contributed by atoms with van der Waals surface area (Å²) in [5, 5.41) is 0.538. The largest absolute Gasteiger partial charge is 0.371 e. The van der Waals surface area contributed by atoms with Gasteiger partial charge in [-0.15, -0.1) is 0 Å². The van der Waals surface area contributed by atoms with Gasteiger partial charge in [-0.05, 0) is 73.5 Å². The highest BCUT2D eigenvalue weighted by Gasteiger charge is 2.41. The average Bonchev–Trinajstić information content (AvgIpc) is 3.16. The molecule has 0 unspecified atom stereocenters. The van der Waals surface area contributed by atoms with Gasteiger partial charge in [0.15, 0.2) is 0 Å². The molecule has 3 saturated heterocycles. The van der Waals surface area contributed by atoms with Gasteiger partial charge in [-0.25, -0.2) is 13.1 Å². The minimum Gasteiger partial charge on any atom is -0.371 e. The predicted octanol–water partition coefficient (Wildman–Crippen LogP) is 3.39. The molecule has 0 aromatic heterocycles. The fraction of sp³-hybridized carbons (Fsp3) is 0.478. The highest BCUT2D eigenvalue weighted by Crippen LogP contribution is 2.38. The molecule has 4 aliphatic heterocycles. The molecule has 7 heteroatoms. The van der Waals surface area contributed by atoms with Crippen molar-refractivity contribution >= 4 is 27.3 Å². The Kier molecular flexibility index (Phi) is 5.52. The Morgan fingerprint density at radius 3 is 2.63 bits per heavy atom. The maximum absolute atomic E-state index is 12.6. The molecule has 0 radical (unpaired) electrons. The van der Waals surface area contributed by atoms with Gasteiger partial charge in [0.25, 0.3) is 0 Å². The molecule has 6 rings (SSSR count). The number of sulfonamides is 1. The van der Waals surface area contributed by atoms with Gasteiger partial charge in [-0.1, -0.05) is 29.8 Å². The van der Waals surface area contributed by atoms with E-state index in [1.54, 1.807) is 24.3 Å². The summed E-state index contributed by atoms with van der Waals surface area (Å²) in [5.41, 5.74) is 2.87. The Bertz CT molecular complexity index is 1010. The number of nitrogens with one attached hydrogen (secondary N) is 1. The van der Waals surface area contributed by atoms with Gasteiger partial charge in [0, 0.05) is 42.9 Å². The summed E-state index contributed by atoms with van der Waals surface area (Å²) in [7, 11) is -3.50. The van der Waals surface area contributed by atoms with Crippen LogP contribution in [0.5, 0.6) is 0 Å². The molecular weight excluding hydrogens is 418 g/mol. The zero-order valence-electron chi connectivity index (χ0n) is 17.0. The first-order valence-corrected chi connectivity index (χ1v) is 12.7. The van der Waals surface area contributed by atoms with E-state index in [2.05, 4.69) is 38.8 Å². The van der Waals surface area contributed by atoms with Crippen LogP contribution in [-0.4, -0.2) is 52.1 Å². The molecule has 2 bridgehead atoms. The Morgan fingerprint density at radius 2 is 1.87 bits per heavy atom. The molecule has 30 heavy (non-hydrogen) atoms. The lowest BCUT2D eigenvalue weighted by atomic mass is 9.75. The van der Waals surface area contributed by atoms with Gasteiger partial charge in [-0.3, -0.25) is 4.90 Å². The standard InChI is InChI=1S/C23H28ClN3O2S/c24-20-5-7-22(8-6-20)30(28,29)25-14-21-13-18-10-11-26(21)15-19(18)16-27-12-9-17-3-1-2-4-23(17)27/h1-8,18-19,21,25H,9-16H2/t18-,19+,21+/m0/s1. The first-order valence-electron chi connectivity index (χ1n) is 10.8. The number of halogens is 1. The zero-order chi connectivity index (χ0) is 20.7. The Labute approximate surface area is 184 Å². The van der Waals surface area contributed by atoms with E-state index < -0.39 is 10.0 Å². The van der Waals surface area contributed by atoms with Crippen LogP contribution in [0, 0.1) is 11.8 Å². The first-order chi connectivity index (χ1) is 14.5. The summed E-state index contributed by atoms with van der Waals surface area (Å²) in [4.78, 5) is 5.32. The quantitative estimate of drug-likeness (QED) is 0.740. The number of anilines is 1. The van der Waals surface area contributed by atoms with Gasteiger partial charge >= 0.3 is 0 Å². The molecule has 4 atom stereocenters. The number of hydrogen-bond donors (Lipinski definition) is 1. The van der Waals surface area contributed by atoms with E-state index in [0.29, 0.717) is 23.4 Å². The highest BCUT2D eigenvalue weighted by atomic mass is 35.5. The molecule has 0 amide bonds. The first kappa shape index (κ1) is 20.3. The van der Waals surface area contributed by atoms with Crippen LogP contribution < -0.4 is 9.62 Å². The Balaban J connectivity index is 1.19. The monoisotopic (exact) mass is 445 g/mol. The molecule has 0 aliphatic carbocycles. The number of benzene rings is 2. The fourth-order valence-corrected chi connectivity index (χ4v) is 6.65. The van der Waals surface area contributed by atoms with Crippen LogP contribution in [0.2, 0.25) is 5.02 Å². The minimum absolute atomic E-state index is 0.272. The van der Waals surface area contributed by atoms with Gasteiger partial charge < -0.3 is 4.90 Å². The van der Waals surface area contributed by atoms with Crippen LogP contribution in [0.25, 0.3) is 0 Å². The molecule has 4 aliphatic rings. The maximum atomic E-state index is 12.6. The minimum atomic E-state index is -3.50. The van der Waals surface area contributed by atoms with Crippen molar-refractivity contribution in [2.45, 2.75) is 30.2 Å². The predicted molar refractivity (Wildman–Crippen MR) is 121 cm³/mol. The molecule has 1 N–H and O–H groups in total. The molecular formula is C23H28ClN3O2S. The second-order valence-corrected chi connectivity index (χ2v) is 11.0. The molecule has 0 spiro atoms. The summed E-state index contributed by atoms with van der Waals surface area (Å²) in [5.74, 6) is 1.34. The fourth-order valence-electron chi connectivity index (χ4n) is 5.45. The number of piperidine rings is 3. The third-order valence-corrected chi connectivity index (χ3v) is 8.78. The SMILES string of the molecule is O=S(=O)(NC[C@H]1C[C@@H]2CC[N@@]1C[C@@H]2CN1CCc2ccccc21)c1ccc(Cl)cc1. The molecule has 3 fully saturated rings. The van der Waals surface area contributed by atoms with Crippen LogP contribution in [0.3, 0.4) is 0 Å². The maximum Gasteiger partial charge on any atom is 0.240 e. The van der Waals surface area contributed by atoms with Crippen LogP contribution in [0.1, 0.15) is 18.4 Å². The van der Waals surface area contributed by atoms with E-state index in [1.165, 1.54) is 17.7 Å². The van der Waals surface area contributed by atoms with E-state index in [1.807, 2.05) is 0 Å². The number of nitrogens with zero attached hydrogens (tertiary/aromatic N) is 2. The van der Waals surface area contributed by atoms with Crippen molar-refractivity contribution in [3.63, 3.8) is 0 Å². The van der Waals surface area contributed by atoms with E-state index >= 15 is 0 Å². The lowest BCUT2D eigenvalue weighted by Crippen LogP contribution is -2.58. The lowest BCUT2D eigenvalue weighted by Gasteiger charge is -2.50. The van der Waals surface area contributed by atoms with Crippen molar-refractivity contribution in [3.8, 4) is 0 Å². The molecule has 5 nitrogen and oxygen atoms in total. The normalized spacial score (nSPS) is 28.0. The number of para-hydroxylation sites is 1. The summed E-state index contributed by atoms with van der Waals surface area (Å²) >= 11 is 5.88. The van der Waals surface area contributed by atoms with Crippen LogP contribution >= 0.6 is 11.6 Å². The van der Waals surface area contributed by atoms with Crippen molar-refractivity contribution < 1.29 is 8.42 Å². The smallest absolute Gasteiger partial charge is 0.240 e. The highest BCUT2D eigenvalue weighted by molar-refractivity contribution is 7.89. The number of rotatable bonds is 6. The molecule has 4 heterocycles. The Hall–Kier alpha value is -1.60. The topological polar surface area (TPSA) is 52.7 Å². The van der Waals surface area contributed by atoms with Gasteiger partial charge in [0.1, 0.15) is 0 Å². The molecule has 2 aromatic carbocycles. The summed E-state index contributed by atoms with van der Waals surface area (Å²) in [6.45, 7) is 4.84. The van der Waals surface area contributed by atoms with Crippen molar-refractivity contribution in [2.24, 2.45) is 11.8 Å². The van der Waals surface area contributed by atoms with Crippen LogP contribution in [-0.2, 0) is 16.4 Å². The van der Waals surface area contributed by atoms with E-state index in [4.69, 9.17) is 11.6 Å². The second kappa shape index (κ2) is 8.15. The lowest BCUT2D eigenvalue weighted by molar-refractivity contribution is 0.00670. The number of fused-ring (bicyclic) bond motifs is 4. The van der Waals surface area contributed by atoms with Gasteiger partial charge in [0.05, 0.1) is 4.90 Å². The Morgan fingerprint density at radius 1 is 1.07 bits per heavy atom. The van der Waals surface area contributed by atoms with Crippen LogP contribution in [0.4, 0.5) is 5.69 Å². The van der Waals surface area contributed by atoms with Crippen molar-refractivity contribution in [1.82, 2.24) is 9.62 Å². The van der Waals surface area contributed by atoms with E-state index in [0.717, 1.165) is 39.0 Å². The second-order valence-electron chi connectivity index (χ2n) is 8.82. The van der Waals surface area contributed by atoms with Gasteiger partial charge in [0.2, 0.25) is 10.0 Å².